The molecule has 4 nitrogen and oxygen atoms in total. The molecule has 0 unspecified atom stereocenters. The molecule has 0 heterocycles. The van der Waals surface area contributed by atoms with Crippen LogP contribution in [-0.4, -0.2) is 12.9 Å². The van der Waals surface area contributed by atoms with Gasteiger partial charge in [0.25, 0.3) is 0 Å². The average Bonchev–Trinajstić information content (AvgIpc) is 2.75. The summed E-state index contributed by atoms with van der Waals surface area (Å²) in [6.07, 6.45) is 5.42. The van der Waals surface area contributed by atoms with Gasteiger partial charge in [-0.15, -0.1) is 0 Å². The number of hydrogen-bond acceptors (Lipinski definition) is 4. The van der Waals surface area contributed by atoms with E-state index in [1.54, 1.807) is 0 Å². The average molecular weight is 394 g/mol. The smallest absolute Gasteiger partial charge is 0.172 e. The minimum atomic E-state index is -0.270. The predicted octanol–water partition coefficient (Wildman–Crippen LogP) is 6.13. The first-order valence-electron chi connectivity index (χ1n) is 10.3. The molecule has 0 bridgehead atoms. The van der Waals surface area contributed by atoms with Crippen molar-refractivity contribution < 1.29 is 14.3 Å². The summed E-state index contributed by atoms with van der Waals surface area (Å²) in [5, 5.41) is 9.09. The standard InChI is InChI=1S/C25H31NO3/c1-4-20-15-22(17-27)24(29-18-21-11-7-5-8-12-21)23(16-20)28-14-10-6-9-13-25(2,3)19-26/h5,7-8,11-12,15-17H,4,6,9-10,13-14,18H2,1-3H3. The molecule has 0 saturated carbocycles. The van der Waals surface area contributed by atoms with Gasteiger partial charge in [-0.25, -0.2) is 0 Å². The number of carbonyl (C=O) groups excluding carboxylic acids is 1. The van der Waals surface area contributed by atoms with Crippen molar-refractivity contribution in [3.63, 3.8) is 0 Å². The van der Waals surface area contributed by atoms with Crippen LogP contribution >= 0.6 is 0 Å². The number of unbranched alkanes of at least 4 members (excludes halogenated alkanes) is 2. The van der Waals surface area contributed by atoms with Gasteiger partial charge in [0.2, 0.25) is 0 Å². The maximum absolute atomic E-state index is 11.6. The van der Waals surface area contributed by atoms with Crippen LogP contribution in [0.5, 0.6) is 11.5 Å². The number of hydrogen-bond donors (Lipinski definition) is 0. The van der Waals surface area contributed by atoms with E-state index >= 15 is 0 Å². The zero-order valence-corrected chi connectivity index (χ0v) is 17.7. The minimum Gasteiger partial charge on any atom is -0.490 e. The Labute approximate surface area is 174 Å². The van der Waals surface area contributed by atoms with Crippen LogP contribution in [0.15, 0.2) is 42.5 Å². The molecular weight excluding hydrogens is 362 g/mol. The molecule has 0 saturated heterocycles. The van der Waals surface area contributed by atoms with E-state index in [9.17, 15) is 4.79 Å². The van der Waals surface area contributed by atoms with Gasteiger partial charge in [0.1, 0.15) is 6.61 Å². The van der Waals surface area contributed by atoms with Gasteiger partial charge < -0.3 is 9.47 Å². The fourth-order valence-corrected chi connectivity index (χ4v) is 3.05. The van der Waals surface area contributed by atoms with Gasteiger partial charge in [0.05, 0.1) is 23.7 Å². The van der Waals surface area contributed by atoms with E-state index in [0.717, 1.165) is 49.5 Å². The summed E-state index contributed by atoms with van der Waals surface area (Å²) in [4.78, 5) is 11.6. The molecule has 29 heavy (non-hydrogen) atoms. The molecule has 0 N–H and O–H groups in total. The largest absolute Gasteiger partial charge is 0.490 e. The van der Waals surface area contributed by atoms with Crippen LogP contribution in [0.1, 0.15) is 67.9 Å². The molecule has 0 amide bonds. The molecule has 154 valence electrons. The minimum absolute atomic E-state index is 0.270. The van der Waals surface area contributed by atoms with E-state index in [1.165, 1.54) is 0 Å². The van der Waals surface area contributed by atoms with E-state index < -0.39 is 0 Å². The lowest BCUT2D eigenvalue weighted by Crippen LogP contribution is -2.08. The predicted molar refractivity (Wildman–Crippen MR) is 115 cm³/mol. The van der Waals surface area contributed by atoms with Gasteiger partial charge in [-0.1, -0.05) is 50.1 Å². The number of carbonyl (C=O) groups is 1. The second kappa shape index (κ2) is 11.3. The number of nitriles is 1. The summed E-state index contributed by atoms with van der Waals surface area (Å²) < 4.78 is 12.0. The van der Waals surface area contributed by atoms with Crippen LogP contribution in [0.2, 0.25) is 0 Å². The van der Waals surface area contributed by atoms with Crippen molar-refractivity contribution >= 4 is 6.29 Å². The zero-order valence-electron chi connectivity index (χ0n) is 17.7. The second-order valence-corrected chi connectivity index (χ2v) is 7.91. The van der Waals surface area contributed by atoms with Gasteiger partial charge in [-0.3, -0.25) is 4.79 Å². The summed E-state index contributed by atoms with van der Waals surface area (Å²) in [7, 11) is 0. The summed E-state index contributed by atoms with van der Waals surface area (Å²) in [6.45, 7) is 6.93. The molecule has 0 aliphatic heterocycles. The number of benzene rings is 2. The first kappa shape index (κ1) is 22.5. The summed E-state index contributed by atoms with van der Waals surface area (Å²) >= 11 is 0. The molecular formula is C25H31NO3. The summed E-state index contributed by atoms with van der Waals surface area (Å²) in [5.41, 5.74) is 2.33. The SMILES string of the molecule is CCc1cc(C=O)c(OCc2ccccc2)c(OCCCCCC(C)(C)C#N)c1. The second-order valence-electron chi connectivity index (χ2n) is 7.91. The first-order valence-corrected chi connectivity index (χ1v) is 10.3. The van der Waals surface area contributed by atoms with Crippen molar-refractivity contribution in [2.24, 2.45) is 5.41 Å². The monoisotopic (exact) mass is 393 g/mol. The summed E-state index contributed by atoms with van der Waals surface area (Å²) in [5.74, 6) is 1.13. The van der Waals surface area contributed by atoms with Crippen molar-refractivity contribution in [1.29, 1.82) is 5.26 Å². The third-order valence-corrected chi connectivity index (χ3v) is 4.91. The van der Waals surface area contributed by atoms with Gasteiger partial charge >= 0.3 is 0 Å². The van der Waals surface area contributed by atoms with Crippen LogP contribution < -0.4 is 9.47 Å². The zero-order chi connectivity index (χ0) is 21.1. The van der Waals surface area contributed by atoms with E-state index in [1.807, 2.05) is 56.3 Å². The van der Waals surface area contributed by atoms with Crippen molar-refractivity contribution in [2.75, 3.05) is 6.61 Å². The van der Waals surface area contributed by atoms with Crippen molar-refractivity contribution in [2.45, 2.75) is 59.5 Å². The third-order valence-electron chi connectivity index (χ3n) is 4.91. The number of aryl methyl sites for hydroxylation is 1. The Balaban J connectivity index is 2.00. The van der Waals surface area contributed by atoms with E-state index in [-0.39, 0.29) is 5.41 Å². The molecule has 0 aliphatic carbocycles. The normalized spacial score (nSPS) is 11.0. The highest BCUT2D eigenvalue weighted by Gasteiger charge is 2.16. The maximum Gasteiger partial charge on any atom is 0.172 e. The van der Waals surface area contributed by atoms with Gasteiger partial charge in [0, 0.05) is 0 Å². The van der Waals surface area contributed by atoms with Crippen LogP contribution in [0.3, 0.4) is 0 Å². The fourth-order valence-electron chi connectivity index (χ4n) is 3.05. The third kappa shape index (κ3) is 7.27. The number of nitrogens with zero attached hydrogens (tertiary/aromatic N) is 1. The molecule has 2 aromatic rings. The molecule has 0 fully saturated rings. The lowest BCUT2D eigenvalue weighted by atomic mass is 9.89. The maximum atomic E-state index is 11.6. The van der Waals surface area contributed by atoms with Gasteiger partial charge in [-0.2, -0.15) is 5.26 Å². The first-order chi connectivity index (χ1) is 14.0. The Kier molecular flexibility index (Phi) is 8.73. The van der Waals surface area contributed by atoms with Gasteiger partial charge in [0.15, 0.2) is 17.8 Å². The van der Waals surface area contributed by atoms with Crippen LogP contribution in [0.25, 0.3) is 0 Å². The molecule has 2 rings (SSSR count). The number of ether oxygens (including phenoxy) is 2. The molecule has 4 heteroatoms. The summed E-state index contributed by atoms with van der Waals surface area (Å²) in [6, 6.07) is 16.0. The highest BCUT2D eigenvalue weighted by Crippen LogP contribution is 2.33. The highest BCUT2D eigenvalue weighted by atomic mass is 16.5. The van der Waals surface area contributed by atoms with Crippen molar-refractivity contribution in [3.05, 3.63) is 59.2 Å². The molecule has 0 spiro atoms. The van der Waals surface area contributed by atoms with Gasteiger partial charge in [-0.05, 0) is 56.4 Å². The Morgan fingerprint density at radius 1 is 1.03 bits per heavy atom. The van der Waals surface area contributed by atoms with Crippen LogP contribution in [0.4, 0.5) is 0 Å². The Bertz CT molecular complexity index is 822. The van der Waals surface area contributed by atoms with E-state index in [2.05, 4.69) is 13.0 Å². The van der Waals surface area contributed by atoms with E-state index in [4.69, 9.17) is 14.7 Å². The quantitative estimate of drug-likeness (QED) is 0.321. The van der Waals surface area contributed by atoms with Crippen molar-refractivity contribution in [3.8, 4) is 17.6 Å². The fraction of sp³-hybridized carbons (Fsp3) is 0.440. The van der Waals surface area contributed by atoms with Crippen molar-refractivity contribution in [1.82, 2.24) is 0 Å². The Hall–Kier alpha value is -2.80. The van der Waals surface area contributed by atoms with Crippen LogP contribution in [0, 0.1) is 16.7 Å². The topological polar surface area (TPSA) is 59.3 Å². The van der Waals surface area contributed by atoms with Crippen LogP contribution in [-0.2, 0) is 13.0 Å². The molecule has 0 aliphatic rings. The highest BCUT2D eigenvalue weighted by molar-refractivity contribution is 5.81. The Morgan fingerprint density at radius 3 is 2.45 bits per heavy atom. The molecule has 2 aromatic carbocycles. The Morgan fingerprint density at radius 2 is 1.79 bits per heavy atom. The number of aldehydes is 1. The lowest BCUT2D eigenvalue weighted by Gasteiger charge is -2.17. The lowest BCUT2D eigenvalue weighted by molar-refractivity contribution is 0.111. The number of rotatable bonds is 12. The molecule has 0 aromatic heterocycles. The molecule has 0 radical (unpaired) electrons. The molecule has 0 atom stereocenters. The van der Waals surface area contributed by atoms with E-state index in [0.29, 0.717) is 30.3 Å².